The number of carbonyl (C=O) groups excluding carboxylic acids is 2. The van der Waals surface area contributed by atoms with E-state index in [4.69, 9.17) is 0 Å². The number of nitrogens with zero attached hydrogens (tertiary/aromatic N) is 3. The number of thiazole rings is 1. The smallest absolute Gasteiger partial charge is 0.228 e. The van der Waals surface area contributed by atoms with E-state index in [9.17, 15) is 9.59 Å². The first-order chi connectivity index (χ1) is 11.7. The average Bonchev–Trinajstić information content (AvgIpc) is 3.22. The number of anilines is 1. The van der Waals surface area contributed by atoms with Crippen molar-refractivity contribution in [3.8, 4) is 0 Å². The van der Waals surface area contributed by atoms with Gasteiger partial charge in [-0.25, -0.2) is 4.98 Å². The molecule has 2 fully saturated rings. The fourth-order valence-corrected chi connectivity index (χ4v) is 4.35. The number of aromatic nitrogens is 1. The first-order valence-electron chi connectivity index (χ1n) is 8.94. The van der Waals surface area contributed by atoms with Crippen LogP contribution in [0, 0.1) is 0 Å². The monoisotopic (exact) mass is 350 g/mol. The van der Waals surface area contributed by atoms with Crippen molar-refractivity contribution in [3.63, 3.8) is 0 Å². The van der Waals surface area contributed by atoms with Gasteiger partial charge in [-0.05, 0) is 38.8 Å². The Balaban J connectivity index is 1.64. The fourth-order valence-electron chi connectivity index (χ4n) is 3.48. The van der Waals surface area contributed by atoms with Gasteiger partial charge in [0, 0.05) is 30.9 Å². The molecule has 0 spiro atoms. The van der Waals surface area contributed by atoms with Gasteiger partial charge in [-0.2, -0.15) is 0 Å². The molecule has 2 aliphatic heterocycles. The summed E-state index contributed by atoms with van der Waals surface area (Å²) in [4.78, 5) is 32.9. The molecule has 0 aromatic carbocycles. The third-order valence-electron chi connectivity index (χ3n) is 4.71. The van der Waals surface area contributed by atoms with Crippen molar-refractivity contribution in [2.75, 3.05) is 31.1 Å². The van der Waals surface area contributed by atoms with Crippen LogP contribution in [0.1, 0.15) is 44.7 Å². The molecule has 132 valence electrons. The molecule has 1 aromatic rings. The molecule has 3 heterocycles. The molecule has 2 saturated heterocycles. The summed E-state index contributed by atoms with van der Waals surface area (Å²) in [5.41, 5.74) is 0.787. The van der Waals surface area contributed by atoms with Crippen molar-refractivity contribution in [1.82, 2.24) is 15.2 Å². The highest BCUT2D eigenvalue weighted by Crippen LogP contribution is 2.26. The highest BCUT2D eigenvalue weighted by Gasteiger charge is 2.27. The lowest BCUT2D eigenvalue weighted by molar-refractivity contribution is -0.133. The molecular formula is C17H26N4O2S. The summed E-state index contributed by atoms with van der Waals surface area (Å²) in [7, 11) is 0. The summed E-state index contributed by atoms with van der Waals surface area (Å²) in [6.45, 7) is 5.63. The minimum Gasteiger partial charge on any atom is -0.339 e. The minimum absolute atomic E-state index is 0.143. The molecule has 7 heteroatoms. The Morgan fingerprint density at radius 3 is 2.92 bits per heavy atom. The molecular weight excluding hydrogens is 324 g/mol. The lowest BCUT2D eigenvalue weighted by Gasteiger charge is -2.34. The molecule has 1 N–H and O–H groups in total. The van der Waals surface area contributed by atoms with E-state index in [0.29, 0.717) is 18.9 Å². The van der Waals surface area contributed by atoms with Gasteiger partial charge in [0.25, 0.3) is 0 Å². The number of carbonyl (C=O) groups is 2. The van der Waals surface area contributed by atoms with E-state index in [1.807, 2.05) is 10.3 Å². The van der Waals surface area contributed by atoms with Crippen molar-refractivity contribution in [2.45, 2.75) is 51.5 Å². The van der Waals surface area contributed by atoms with E-state index in [1.165, 1.54) is 11.3 Å². The van der Waals surface area contributed by atoms with Crippen molar-refractivity contribution < 1.29 is 9.59 Å². The highest BCUT2D eigenvalue weighted by atomic mass is 32.1. The lowest BCUT2D eigenvalue weighted by atomic mass is 10.0. The standard InChI is InChI=1S/C17H26N4O2S/c1-2-9-20(14-5-7-18-8-6-14)16(23)11-13-12-24-17(19-13)21-10-3-4-15(21)22/h12,14,18H,2-11H2,1H3. The van der Waals surface area contributed by atoms with Gasteiger partial charge in [-0.15, -0.1) is 11.3 Å². The van der Waals surface area contributed by atoms with E-state index < -0.39 is 0 Å². The second-order valence-corrected chi connectivity index (χ2v) is 7.35. The Labute approximate surface area is 147 Å². The topological polar surface area (TPSA) is 65.5 Å². The predicted molar refractivity (Wildman–Crippen MR) is 95.3 cm³/mol. The maximum absolute atomic E-state index is 12.8. The van der Waals surface area contributed by atoms with Crippen molar-refractivity contribution in [1.29, 1.82) is 0 Å². The number of nitrogens with one attached hydrogen (secondary N) is 1. The van der Waals surface area contributed by atoms with Crippen LogP contribution in [0.5, 0.6) is 0 Å². The number of rotatable bonds is 6. The van der Waals surface area contributed by atoms with E-state index in [-0.39, 0.29) is 11.8 Å². The molecule has 0 saturated carbocycles. The Morgan fingerprint density at radius 1 is 1.46 bits per heavy atom. The molecule has 0 unspecified atom stereocenters. The van der Waals surface area contributed by atoms with Crippen LogP contribution < -0.4 is 10.2 Å². The van der Waals surface area contributed by atoms with Crippen LogP contribution in [0.4, 0.5) is 5.13 Å². The van der Waals surface area contributed by atoms with E-state index >= 15 is 0 Å². The Hall–Kier alpha value is -1.47. The molecule has 1 aromatic heterocycles. The quantitative estimate of drug-likeness (QED) is 0.850. The summed E-state index contributed by atoms with van der Waals surface area (Å²) in [5, 5.41) is 6.01. The predicted octanol–water partition coefficient (Wildman–Crippen LogP) is 1.80. The van der Waals surface area contributed by atoms with Gasteiger partial charge in [-0.3, -0.25) is 14.5 Å². The van der Waals surface area contributed by atoms with Gasteiger partial charge in [0.15, 0.2) is 5.13 Å². The van der Waals surface area contributed by atoms with Gasteiger partial charge >= 0.3 is 0 Å². The number of amides is 2. The van der Waals surface area contributed by atoms with Crippen LogP contribution in [0.3, 0.4) is 0 Å². The maximum Gasteiger partial charge on any atom is 0.228 e. The highest BCUT2D eigenvalue weighted by molar-refractivity contribution is 7.14. The summed E-state index contributed by atoms with van der Waals surface area (Å²) in [6, 6.07) is 0.344. The summed E-state index contributed by atoms with van der Waals surface area (Å²) < 4.78 is 0. The first kappa shape index (κ1) is 17.4. The van der Waals surface area contributed by atoms with Gasteiger partial charge in [-0.1, -0.05) is 6.92 Å². The molecule has 6 nitrogen and oxygen atoms in total. The number of hydrogen-bond donors (Lipinski definition) is 1. The molecule has 0 aliphatic carbocycles. The van der Waals surface area contributed by atoms with Gasteiger partial charge in [0.05, 0.1) is 12.1 Å². The molecule has 2 amide bonds. The van der Waals surface area contributed by atoms with E-state index in [1.54, 1.807) is 4.90 Å². The Morgan fingerprint density at radius 2 is 2.25 bits per heavy atom. The number of hydrogen-bond acceptors (Lipinski definition) is 5. The fraction of sp³-hybridized carbons (Fsp3) is 0.706. The first-order valence-corrected chi connectivity index (χ1v) is 9.82. The maximum atomic E-state index is 12.8. The summed E-state index contributed by atoms with van der Waals surface area (Å²) >= 11 is 1.47. The second kappa shape index (κ2) is 8.07. The van der Waals surface area contributed by atoms with Crippen LogP contribution >= 0.6 is 11.3 Å². The Kier molecular flexibility index (Phi) is 5.84. The molecule has 0 radical (unpaired) electrons. The van der Waals surface area contributed by atoms with Crippen molar-refractivity contribution in [3.05, 3.63) is 11.1 Å². The molecule has 0 bridgehead atoms. The third-order valence-corrected chi connectivity index (χ3v) is 5.62. The van der Waals surface area contributed by atoms with Crippen LogP contribution in [0.2, 0.25) is 0 Å². The summed E-state index contributed by atoms with van der Waals surface area (Å²) in [6.07, 6.45) is 4.86. The van der Waals surface area contributed by atoms with Crippen LogP contribution in [-0.2, 0) is 16.0 Å². The largest absolute Gasteiger partial charge is 0.339 e. The zero-order chi connectivity index (χ0) is 16.9. The molecule has 0 atom stereocenters. The van der Waals surface area contributed by atoms with Crippen LogP contribution in [-0.4, -0.2) is 53.9 Å². The third kappa shape index (κ3) is 3.95. The Bertz CT molecular complexity index is 583. The van der Waals surface area contributed by atoms with Crippen LogP contribution in [0.25, 0.3) is 0 Å². The average molecular weight is 350 g/mol. The van der Waals surface area contributed by atoms with Crippen LogP contribution in [0.15, 0.2) is 5.38 Å². The second-order valence-electron chi connectivity index (χ2n) is 6.52. The number of piperidine rings is 1. The zero-order valence-electron chi connectivity index (χ0n) is 14.3. The zero-order valence-corrected chi connectivity index (χ0v) is 15.1. The summed E-state index contributed by atoms with van der Waals surface area (Å²) in [5.74, 6) is 0.304. The minimum atomic E-state index is 0.143. The van der Waals surface area contributed by atoms with E-state index in [2.05, 4.69) is 17.2 Å². The van der Waals surface area contributed by atoms with Crippen molar-refractivity contribution >= 4 is 28.3 Å². The van der Waals surface area contributed by atoms with Gasteiger partial charge < -0.3 is 10.2 Å². The van der Waals surface area contributed by atoms with Crippen molar-refractivity contribution in [2.24, 2.45) is 0 Å². The normalized spacial score (nSPS) is 19.0. The van der Waals surface area contributed by atoms with Gasteiger partial charge in [0.1, 0.15) is 0 Å². The lowest BCUT2D eigenvalue weighted by Crippen LogP contribution is -2.47. The molecule has 24 heavy (non-hydrogen) atoms. The van der Waals surface area contributed by atoms with Gasteiger partial charge in [0.2, 0.25) is 11.8 Å². The SMILES string of the molecule is CCCN(C(=O)Cc1csc(N2CCCC2=O)n1)C1CCNCC1. The molecule has 3 rings (SSSR count). The van der Waals surface area contributed by atoms with E-state index in [0.717, 1.165) is 62.7 Å². The molecule has 2 aliphatic rings.